The Kier molecular flexibility index (Phi) is 2.79. The minimum absolute atomic E-state index is 0.213. The number of aryl methyl sites for hydroxylation is 1. The maximum absolute atomic E-state index is 12.5. The van der Waals surface area contributed by atoms with E-state index in [2.05, 4.69) is 9.88 Å². The third-order valence-corrected chi connectivity index (χ3v) is 4.73. The molecule has 3 heterocycles. The van der Waals surface area contributed by atoms with Crippen LogP contribution in [0.25, 0.3) is 5.52 Å². The van der Waals surface area contributed by atoms with Crippen LogP contribution in [0.3, 0.4) is 0 Å². The second kappa shape index (κ2) is 4.59. The third kappa shape index (κ3) is 1.77. The molecule has 2 fully saturated rings. The lowest BCUT2D eigenvalue weighted by atomic mass is 10.1. The van der Waals surface area contributed by atoms with Crippen LogP contribution in [-0.2, 0) is 0 Å². The van der Waals surface area contributed by atoms with E-state index in [1.165, 1.54) is 10.7 Å². The minimum atomic E-state index is -0.534. The SMILES string of the molecule is Cc1c(N2CCCC2)ncn2c(=O)n(N)c(=O)c(C3CC3)c12. The lowest BCUT2D eigenvalue weighted by molar-refractivity contribution is 0.769. The molecule has 0 spiro atoms. The van der Waals surface area contributed by atoms with Crippen molar-refractivity contribution in [3.63, 3.8) is 0 Å². The molecule has 2 aromatic rings. The molecule has 22 heavy (non-hydrogen) atoms. The summed E-state index contributed by atoms with van der Waals surface area (Å²) in [5.41, 5.74) is 1.38. The molecule has 0 unspecified atom stereocenters. The molecule has 1 aliphatic carbocycles. The predicted molar refractivity (Wildman–Crippen MR) is 84.0 cm³/mol. The summed E-state index contributed by atoms with van der Waals surface area (Å²) in [6.07, 6.45) is 5.76. The normalized spacial score (nSPS) is 18.3. The Balaban J connectivity index is 2.08. The Morgan fingerprint density at radius 3 is 2.55 bits per heavy atom. The molecular formula is C15H19N5O2. The summed E-state index contributed by atoms with van der Waals surface area (Å²) in [6.45, 7) is 3.89. The number of nitrogens with zero attached hydrogens (tertiary/aromatic N) is 4. The number of rotatable bonds is 2. The van der Waals surface area contributed by atoms with E-state index < -0.39 is 5.69 Å². The summed E-state index contributed by atoms with van der Waals surface area (Å²) in [4.78, 5) is 31.4. The number of anilines is 1. The van der Waals surface area contributed by atoms with Crippen LogP contribution in [-0.4, -0.2) is 27.2 Å². The first-order valence-corrected chi connectivity index (χ1v) is 7.76. The van der Waals surface area contributed by atoms with Crippen molar-refractivity contribution in [2.45, 2.75) is 38.5 Å². The zero-order valence-electron chi connectivity index (χ0n) is 12.6. The molecule has 0 bridgehead atoms. The first kappa shape index (κ1) is 13.4. The Labute approximate surface area is 127 Å². The molecule has 2 N–H and O–H groups in total. The molecule has 2 aromatic heterocycles. The van der Waals surface area contributed by atoms with E-state index in [9.17, 15) is 9.59 Å². The van der Waals surface area contributed by atoms with Crippen molar-refractivity contribution in [1.29, 1.82) is 0 Å². The van der Waals surface area contributed by atoms with Crippen LogP contribution in [0.2, 0.25) is 0 Å². The molecule has 0 atom stereocenters. The average molecular weight is 301 g/mol. The van der Waals surface area contributed by atoms with E-state index in [0.717, 1.165) is 50.2 Å². The van der Waals surface area contributed by atoms with Gasteiger partial charge in [0.05, 0.1) is 5.52 Å². The van der Waals surface area contributed by atoms with E-state index >= 15 is 0 Å². The van der Waals surface area contributed by atoms with Crippen LogP contribution in [0.4, 0.5) is 5.82 Å². The fourth-order valence-corrected chi connectivity index (χ4v) is 3.45. The molecule has 0 aromatic carbocycles. The highest BCUT2D eigenvalue weighted by Crippen LogP contribution is 2.41. The molecule has 1 saturated carbocycles. The highest BCUT2D eigenvalue weighted by Gasteiger charge is 2.32. The van der Waals surface area contributed by atoms with Gasteiger partial charge in [0.2, 0.25) is 0 Å². The van der Waals surface area contributed by atoms with Crippen LogP contribution in [0.1, 0.15) is 42.7 Å². The zero-order chi connectivity index (χ0) is 15.4. The summed E-state index contributed by atoms with van der Waals surface area (Å²) >= 11 is 0. The van der Waals surface area contributed by atoms with E-state index in [-0.39, 0.29) is 11.5 Å². The number of aromatic nitrogens is 3. The minimum Gasteiger partial charge on any atom is -0.356 e. The van der Waals surface area contributed by atoms with Crippen molar-refractivity contribution in [3.05, 3.63) is 38.3 Å². The van der Waals surface area contributed by atoms with Gasteiger partial charge in [-0.1, -0.05) is 0 Å². The van der Waals surface area contributed by atoms with Crippen LogP contribution in [0.15, 0.2) is 15.9 Å². The van der Waals surface area contributed by atoms with E-state index in [1.54, 1.807) is 0 Å². The topological polar surface area (TPSA) is 85.6 Å². The van der Waals surface area contributed by atoms with Crippen molar-refractivity contribution >= 4 is 11.3 Å². The zero-order valence-corrected chi connectivity index (χ0v) is 12.6. The predicted octanol–water partition coefficient (Wildman–Crippen LogP) is 0.356. The molecule has 4 rings (SSSR count). The van der Waals surface area contributed by atoms with Gasteiger partial charge in [-0.2, -0.15) is 4.68 Å². The van der Waals surface area contributed by atoms with E-state index in [1.807, 2.05) is 6.92 Å². The maximum atomic E-state index is 12.5. The largest absolute Gasteiger partial charge is 0.356 e. The molecule has 2 aliphatic rings. The third-order valence-electron chi connectivity index (χ3n) is 4.73. The molecule has 7 nitrogen and oxygen atoms in total. The summed E-state index contributed by atoms with van der Waals surface area (Å²) in [5, 5.41) is 0. The quantitative estimate of drug-likeness (QED) is 0.809. The van der Waals surface area contributed by atoms with Crippen molar-refractivity contribution < 1.29 is 0 Å². The monoisotopic (exact) mass is 301 g/mol. The van der Waals surface area contributed by atoms with E-state index in [0.29, 0.717) is 15.8 Å². The maximum Gasteiger partial charge on any atom is 0.355 e. The van der Waals surface area contributed by atoms with Crippen LogP contribution >= 0.6 is 0 Å². The summed E-state index contributed by atoms with van der Waals surface area (Å²) in [7, 11) is 0. The molecular weight excluding hydrogens is 282 g/mol. The number of fused-ring (bicyclic) bond motifs is 1. The van der Waals surface area contributed by atoms with Crippen LogP contribution < -0.4 is 22.0 Å². The Morgan fingerprint density at radius 1 is 1.23 bits per heavy atom. The van der Waals surface area contributed by atoms with Crippen molar-refractivity contribution in [2.24, 2.45) is 0 Å². The van der Waals surface area contributed by atoms with E-state index in [4.69, 9.17) is 5.84 Å². The average Bonchev–Trinajstić information content (AvgIpc) is 3.20. The lowest BCUT2D eigenvalue weighted by Crippen LogP contribution is -2.44. The van der Waals surface area contributed by atoms with Crippen LogP contribution in [0, 0.1) is 6.92 Å². The Hall–Kier alpha value is -2.31. The van der Waals surface area contributed by atoms with Crippen molar-refractivity contribution in [1.82, 2.24) is 14.1 Å². The van der Waals surface area contributed by atoms with Gasteiger partial charge in [-0.05, 0) is 38.5 Å². The molecule has 7 heteroatoms. The number of hydrogen-bond donors (Lipinski definition) is 1. The Morgan fingerprint density at radius 2 is 1.91 bits per heavy atom. The number of nitrogen functional groups attached to an aromatic ring is 1. The van der Waals surface area contributed by atoms with Gasteiger partial charge in [0.15, 0.2) is 0 Å². The standard InChI is InChI=1S/C15H19N5O2/c1-9-12-11(10-4-5-10)14(21)20(16)15(22)19(12)8-17-13(9)18-6-2-3-7-18/h8,10H,2-7,16H2,1H3. The first-order chi connectivity index (χ1) is 10.6. The van der Waals surface area contributed by atoms with Crippen LogP contribution in [0.5, 0.6) is 0 Å². The highest BCUT2D eigenvalue weighted by molar-refractivity contribution is 5.69. The molecule has 1 saturated heterocycles. The highest BCUT2D eigenvalue weighted by atomic mass is 16.2. The fraction of sp³-hybridized carbons (Fsp3) is 0.533. The van der Waals surface area contributed by atoms with Gasteiger partial charge in [0.1, 0.15) is 12.1 Å². The van der Waals surface area contributed by atoms with Gasteiger partial charge < -0.3 is 10.7 Å². The first-order valence-electron chi connectivity index (χ1n) is 7.76. The Bertz CT molecular complexity index is 872. The van der Waals surface area contributed by atoms with Gasteiger partial charge in [-0.3, -0.25) is 4.79 Å². The lowest BCUT2D eigenvalue weighted by Gasteiger charge is -2.21. The van der Waals surface area contributed by atoms with Gasteiger partial charge >= 0.3 is 5.69 Å². The summed E-state index contributed by atoms with van der Waals surface area (Å²) in [6, 6.07) is 0. The second-order valence-electron chi connectivity index (χ2n) is 6.25. The van der Waals surface area contributed by atoms with Crippen molar-refractivity contribution in [3.8, 4) is 0 Å². The number of hydrogen-bond acceptors (Lipinski definition) is 5. The molecule has 116 valence electrons. The molecule has 0 amide bonds. The molecule has 1 aliphatic heterocycles. The fourth-order valence-electron chi connectivity index (χ4n) is 3.45. The number of nitrogens with two attached hydrogens (primary N) is 1. The van der Waals surface area contributed by atoms with Gasteiger partial charge in [-0.15, -0.1) is 0 Å². The molecule has 0 radical (unpaired) electrons. The summed E-state index contributed by atoms with van der Waals surface area (Å²) < 4.78 is 2.13. The van der Waals surface area contributed by atoms with Gasteiger partial charge in [-0.25, -0.2) is 14.2 Å². The summed E-state index contributed by atoms with van der Waals surface area (Å²) in [5.74, 6) is 6.75. The van der Waals surface area contributed by atoms with Gasteiger partial charge in [0, 0.05) is 24.2 Å². The smallest absolute Gasteiger partial charge is 0.355 e. The second-order valence-corrected chi connectivity index (χ2v) is 6.25. The van der Waals surface area contributed by atoms with Gasteiger partial charge in [0.25, 0.3) is 5.56 Å². The van der Waals surface area contributed by atoms with Crippen molar-refractivity contribution in [2.75, 3.05) is 23.8 Å².